The summed E-state index contributed by atoms with van der Waals surface area (Å²) in [5.41, 5.74) is 5.54. The zero-order valence-electron chi connectivity index (χ0n) is 40.1. The number of anilines is 3. The number of amides is 3. The number of nitrogens with zero attached hydrogens (tertiary/aromatic N) is 3. The van der Waals surface area contributed by atoms with Gasteiger partial charge >= 0.3 is 0 Å². The fraction of sp³-hybridized carbons (Fsp3) is 0.400. The van der Waals surface area contributed by atoms with Gasteiger partial charge in [0.05, 0.1) is 70.9 Å². The molecule has 6 atom stereocenters. The van der Waals surface area contributed by atoms with E-state index in [9.17, 15) is 19.8 Å². The first-order valence-corrected chi connectivity index (χ1v) is 28.1. The largest absolute Gasteiger partial charge is 0.497 e. The van der Waals surface area contributed by atoms with Crippen LogP contribution in [0.3, 0.4) is 0 Å². The number of ether oxygens (including phenoxy) is 3. The number of halogens is 1. The van der Waals surface area contributed by atoms with Crippen LogP contribution >= 0.6 is 15.9 Å². The zero-order valence-corrected chi connectivity index (χ0v) is 42.7. The molecule has 0 saturated carbocycles. The molecule has 4 heterocycles. The van der Waals surface area contributed by atoms with E-state index in [2.05, 4.69) is 59.5 Å². The van der Waals surface area contributed by atoms with Crippen LogP contribution in [-0.4, -0.2) is 92.6 Å². The maximum atomic E-state index is 15.7. The van der Waals surface area contributed by atoms with E-state index in [1.807, 2.05) is 103 Å². The number of hydrogen-bond donors (Lipinski definition) is 3. The lowest BCUT2D eigenvalue weighted by Crippen LogP contribution is -2.52. The Morgan fingerprint density at radius 2 is 1.61 bits per heavy atom. The van der Waals surface area contributed by atoms with Crippen molar-refractivity contribution >= 4 is 64.0 Å². The van der Waals surface area contributed by atoms with Crippen LogP contribution in [0.2, 0.25) is 18.6 Å². The van der Waals surface area contributed by atoms with Crippen molar-refractivity contribution in [2.24, 2.45) is 5.92 Å². The van der Waals surface area contributed by atoms with Gasteiger partial charge in [-0.25, -0.2) is 0 Å². The second-order valence-electron chi connectivity index (χ2n) is 19.4. The molecule has 3 amide bonds. The molecule has 1 unspecified atom stereocenters. The van der Waals surface area contributed by atoms with E-state index >= 15 is 4.79 Å². The van der Waals surface area contributed by atoms with Crippen molar-refractivity contribution in [2.75, 3.05) is 43.3 Å². The van der Waals surface area contributed by atoms with Gasteiger partial charge in [-0.1, -0.05) is 89.7 Å². The van der Waals surface area contributed by atoms with Crippen LogP contribution in [0, 0.1) is 5.92 Å². The number of fused-ring (bicyclic) bond motifs is 4. The summed E-state index contributed by atoms with van der Waals surface area (Å²) in [6.07, 6.45) is 1.94. The van der Waals surface area contributed by atoms with E-state index in [1.165, 1.54) is 5.19 Å². The summed E-state index contributed by atoms with van der Waals surface area (Å²) in [6.45, 7) is 10.4. The highest BCUT2D eigenvalue weighted by atomic mass is 79.9. The lowest BCUT2D eigenvalue weighted by Gasteiger charge is -2.39. The molecule has 0 bridgehead atoms. The number of hydrogen-bond acceptors (Lipinski definition) is 9. The Morgan fingerprint density at radius 3 is 2.32 bits per heavy atom. The van der Waals surface area contributed by atoms with Gasteiger partial charge < -0.3 is 39.5 Å². The van der Waals surface area contributed by atoms with Gasteiger partial charge in [0.1, 0.15) is 11.5 Å². The molecule has 12 nitrogen and oxygen atoms in total. The van der Waals surface area contributed by atoms with Crippen LogP contribution in [0.5, 0.6) is 11.5 Å². The quantitative estimate of drug-likeness (QED) is 0.0665. The lowest BCUT2D eigenvalue weighted by molar-refractivity contribution is -0.151. The highest BCUT2D eigenvalue weighted by Gasteiger charge is 2.66. The Balaban J connectivity index is 1.04. The third kappa shape index (κ3) is 9.04. The third-order valence-electron chi connectivity index (χ3n) is 15.1. The van der Waals surface area contributed by atoms with E-state index in [0.717, 1.165) is 61.6 Å². The normalized spacial score (nSPS) is 23.0. The number of benzene rings is 5. The van der Waals surface area contributed by atoms with E-state index in [-0.39, 0.29) is 61.4 Å². The van der Waals surface area contributed by atoms with Crippen LogP contribution in [0.25, 0.3) is 0 Å². The van der Waals surface area contributed by atoms with Gasteiger partial charge in [-0.05, 0) is 128 Å². The van der Waals surface area contributed by atoms with Gasteiger partial charge in [-0.3, -0.25) is 19.3 Å². The monoisotopic (exact) mass is 1010 g/mol. The summed E-state index contributed by atoms with van der Waals surface area (Å²) < 4.78 is 19.6. The fourth-order valence-electron chi connectivity index (χ4n) is 11.6. The van der Waals surface area contributed by atoms with E-state index in [0.29, 0.717) is 44.6 Å². The second-order valence-corrected chi connectivity index (χ2v) is 25.1. The summed E-state index contributed by atoms with van der Waals surface area (Å²) in [6, 6.07) is 35.1. The van der Waals surface area contributed by atoms with Gasteiger partial charge in [0, 0.05) is 34.8 Å². The molecule has 0 radical (unpaired) electrons. The van der Waals surface area contributed by atoms with Gasteiger partial charge in [0.25, 0.3) is 5.91 Å². The smallest absolute Gasteiger partial charge is 0.264 e. The second kappa shape index (κ2) is 20.2. The third-order valence-corrected chi connectivity index (χ3v) is 20.0. The van der Waals surface area contributed by atoms with Crippen molar-refractivity contribution in [1.82, 2.24) is 10.2 Å². The summed E-state index contributed by atoms with van der Waals surface area (Å²) >= 11 is 3.73. The molecule has 5 aromatic carbocycles. The number of methoxy groups -OCH3 is 1. The number of aliphatic hydroxyl groups excluding tert-OH is 2. The number of rotatable bonds is 16. The predicted octanol–water partition coefficient (Wildman–Crippen LogP) is 7.91. The van der Waals surface area contributed by atoms with Crippen molar-refractivity contribution < 1.29 is 38.8 Å². The molecule has 1 spiro atoms. The first-order valence-electron chi connectivity index (χ1n) is 24.3. The Bertz CT molecular complexity index is 2700. The Labute approximate surface area is 414 Å². The Hall–Kier alpha value is -5.35. The number of aliphatic hydroxyl groups is 2. The van der Waals surface area contributed by atoms with Crippen LogP contribution in [-0.2, 0) is 50.7 Å². The molecular weight excluding hydrogens is 953 g/mol. The van der Waals surface area contributed by atoms with Gasteiger partial charge in [0.2, 0.25) is 11.8 Å². The predicted molar refractivity (Wildman–Crippen MR) is 274 cm³/mol. The molecule has 14 heteroatoms. The molecule has 4 aliphatic rings. The van der Waals surface area contributed by atoms with Crippen molar-refractivity contribution in [3.63, 3.8) is 0 Å². The standard InChI is InChI=1S/C55H63BrN4O8Si/c1-6-67-44-20-24-48-39(28-44)29-47(57-25-9-10-26-61)53(64)60(48)41-16-13-36(14-17-41)32-59-49-23-15-40(56)30-46(49)55(54(59)65)35(2)52(69(4,5)45-21-18-43(66-3)19-22-45)50(68-55)31-51(63)58-33-38-12-8-7-11-37(38)27-42(58)34-62/h7-8,11-24,28,30,35,42,47,50,52,57,61-62H,6,9-10,25-27,29,31-34H2,1-5H3/t35-,42+,47?,50+,52-,55+/m1/s1. The van der Waals surface area contributed by atoms with Gasteiger partial charge in [0.15, 0.2) is 5.60 Å². The van der Waals surface area contributed by atoms with E-state index in [1.54, 1.807) is 16.9 Å². The molecule has 4 aliphatic heterocycles. The number of nitrogens with one attached hydrogen (secondary N) is 1. The summed E-state index contributed by atoms with van der Waals surface area (Å²) in [4.78, 5) is 50.1. The number of carbonyl (C=O) groups excluding carboxylic acids is 3. The summed E-state index contributed by atoms with van der Waals surface area (Å²) in [5.74, 6) is 0.833. The Kier molecular flexibility index (Phi) is 14.2. The number of unbranched alkanes of at least 4 members (excludes halogenated alkanes) is 1. The highest BCUT2D eigenvalue weighted by molar-refractivity contribution is 9.10. The fourth-order valence-corrected chi connectivity index (χ4v) is 16.0. The molecule has 1 fully saturated rings. The molecular formula is C55H63BrN4O8Si. The summed E-state index contributed by atoms with van der Waals surface area (Å²) in [7, 11) is -0.923. The minimum Gasteiger partial charge on any atom is -0.497 e. The number of carbonyl (C=O) groups is 3. The lowest BCUT2D eigenvalue weighted by atomic mass is 9.82. The van der Waals surface area contributed by atoms with Crippen molar-refractivity contribution in [3.05, 3.63) is 141 Å². The van der Waals surface area contributed by atoms with Gasteiger partial charge in [-0.15, -0.1) is 0 Å². The first-order chi connectivity index (χ1) is 33.3. The zero-order chi connectivity index (χ0) is 48.6. The molecule has 1 saturated heterocycles. The molecule has 5 aromatic rings. The topological polar surface area (TPSA) is 141 Å². The van der Waals surface area contributed by atoms with Crippen molar-refractivity contribution in [2.45, 2.75) is 101 Å². The highest BCUT2D eigenvalue weighted by Crippen LogP contribution is 2.60. The molecule has 0 aliphatic carbocycles. The molecule has 0 aromatic heterocycles. The molecule has 3 N–H and O–H groups in total. The summed E-state index contributed by atoms with van der Waals surface area (Å²) in [5, 5.41) is 24.6. The molecule has 69 heavy (non-hydrogen) atoms. The maximum absolute atomic E-state index is 15.7. The Morgan fingerprint density at radius 1 is 0.884 bits per heavy atom. The molecule has 362 valence electrons. The van der Waals surface area contributed by atoms with Crippen molar-refractivity contribution in [1.29, 1.82) is 0 Å². The van der Waals surface area contributed by atoms with E-state index in [4.69, 9.17) is 14.2 Å². The minimum absolute atomic E-state index is 0.0599. The first kappa shape index (κ1) is 48.7. The molecule has 9 rings (SSSR count). The SMILES string of the molecule is CCOc1ccc2c(c1)CC(NCCCCO)C(=O)N2c1ccc(CN2C(=O)[C@@]3(O[C@@H](CC(=O)N4Cc5ccccc5C[C@H]4CO)[C@H]([Si](C)(C)c4ccc(OC)cc4)[C@H]3C)c3cc(Br)ccc32)cc1. The minimum atomic E-state index is -2.58. The van der Waals surface area contributed by atoms with Crippen molar-refractivity contribution in [3.8, 4) is 11.5 Å². The average Bonchev–Trinajstić information content (AvgIpc) is 3.78. The van der Waals surface area contributed by atoms with Crippen LogP contribution in [0.1, 0.15) is 60.9 Å². The van der Waals surface area contributed by atoms with Crippen LogP contribution in [0.4, 0.5) is 17.1 Å². The van der Waals surface area contributed by atoms with E-state index < -0.39 is 25.8 Å². The maximum Gasteiger partial charge on any atom is 0.264 e. The van der Waals surface area contributed by atoms with Gasteiger partial charge in [-0.2, -0.15) is 0 Å². The van der Waals surface area contributed by atoms with Crippen LogP contribution in [0.15, 0.2) is 114 Å². The average molecular weight is 1020 g/mol. The van der Waals surface area contributed by atoms with Crippen LogP contribution < -0.4 is 29.8 Å².